The van der Waals surface area contributed by atoms with Crippen molar-refractivity contribution < 1.29 is 29.9 Å². The number of rotatable bonds is 6. The fourth-order valence-electron chi connectivity index (χ4n) is 2.39. The van der Waals surface area contributed by atoms with Gasteiger partial charge < -0.3 is 25.5 Å². The molecule has 3 rings (SSSR count). The maximum absolute atomic E-state index is 13.1. The Morgan fingerprint density at radius 3 is 2.42 bits per heavy atom. The Bertz CT molecular complexity index is 800. The summed E-state index contributed by atoms with van der Waals surface area (Å²) in [7, 11) is 0. The summed E-state index contributed by atoms with van der Waals surface area (Å²) < 4.78 is 14.3. The lowest BCUT2D eigenvalue weighted by Gasteiger charge is -2.25. The summed E-state index contributed by atoms with van der Waals surface area (Å²) in [6, 6.07) is 5.74. The fourth-order valence-corrected chi connectivity index (χ4v) is 3.23. The van der Waals surface area contributed by atoms with Crippen LogP contribution in [0.25, 0.3) is 0 Å². The minimum atomic E-state index is -1.82. The molecular formula is C15H17FN4O5S. The Kier molecular flexibility index (Phi) is 5.65. The molecule has 0 saturated carbocycles. The van der Waals surface area contributed by atoms with E-state index in [4.69, 9.17) is 5.11 Å². The van der Waals surface area contributed by atoms with Gasteiger partial charge in [0.2, 0.25) is 5.16 Å². The van der Waals surface area contributed by atoms with Crippen LogP contribution in [0.15, 0.2) is 34.5 Å². The monoisotopic (exact) mass is 384 g/mol. The van der Waals surface area contributed by atoms with E-state index in [9.17, 15) is 24.8 Å². The molecule has 0 fully saturated rings. The van der Waals surface area contributed by atoms with E-state index in [-0.39, 0.29) is 11.6 Å². The van der Waals surface area contributed by atoms with Gasteiger partial charge in [0.05, 0.1) is 12.3 Å². The van der Waals surface area contributed by atoms with E-state index in [1.807, 2.05) is 0 Å². The average molecular weight is 384 g/mol. The van der Waals surface area contributed by atoms with Crippen molar-refractivity contribution in [3.8, 4) is 0 Å². The van der Waals surface area contributed by atoms with E-state index in [1.165, 1.54) is 28.6 Å². The second kappa shape index (κ2) is 7.78. The first-order chi connectivity index (χ1) is 12.4. The molecule has 0 amide bonds. The molecule has 4 atom stereocenters. The first-order valence-corrected chi connectivity index (χ1v) is 8.66. The number of halogens is 1. The van der Waals surface area contributed by atoms with Crippen LogP contribution in [-0.2, 0) is 0 Å². The molecule has 9 nitrogen and oxygen atoms in total. The normalized spacial score (nSPS) is 18.6. The van der Waals surface area contributed by atoms with Crippen LogP contribution >= 0.6 is 11.8 Å². The zero-order valence-corrected chi connectivity index (χ0v) is 14.2. The van der Waals surface area contributed by atoms with Crippen LogP contribution in [0.1, 0.15) is 17.5 Å². The standard InChI is InChI=1S/C15H17FN4O5S/c16-8-3-1-7(2-4-8)9-6-26-15-18-17-14(20(15)19-9)13(25)12(24)11(23)10(22)5-21/h1-4,10-13,21-25H,5-6H2/t10-,11-,12+,13-/m1/s1. The minimum absolute atomic E-state index is 0.136. The van der Waals surface area contributed by atoms with E-state index in [1.54, 1.807) is 12.1 Å². The lowest BCUT2D eigenvalue weighted by molar-refractivity contribution is -0.118. The molecule has 1 aromatic carbocycles. The predicted octanol–water partition coefficient (Wildman–Crippen LogP) is -1.12. The Morgan fingerprint density at radius 1 is 1.08 bits per heavy atom. The predicted molar refractivity (Wildman–Crippen MR) is 89.1 cm³/mol. The van der Waals surface area contributed by atoms with Gasteiger partial charge in [0, 0.05) is 5.75 Å². The Labute approximate surface area is 151 Å². The fraction of sp³-hybridized carbons (Fsp3) is 0.400. The van der Waals surface area contributed by atoms with Crippen LogP contribution in [0.5, 0.6) is 0 Å². The number of thioether (sulfide) groups is 1. The zero-order valence-electron chi connectivity index (χ0n) is 13.3. The summed E-state index contributed by atoms with van der Waals surface area (Å²) in [5.41, 5.74) is 1.26. The number of hydrogen-bond acceptors (Lipinski definition) is 9. The van der Waals surface area contributed by atoms with Crippen LogP contribution in [0.2, 0.25) is 0 Å². The van der Waals surface area contributed by atoms with E-state index in [0.29, 0.717) is 22.2 Å². The van der Waals surface area contributed by atoms with Gasteiger partial charge >= 0.3 is 0 Å². The van der Waals surface area contributed by atoms with E-state index in [0.717, 1.165) is 0 Å². The summed E-state index contributed by atoms with van der Waals surface area (Å²) >= 11 is 1.29. The maximum Gasteiger partial charge on any atom is 0.212 e. The zero-order chi connectivity index (χ0) is 18.8. The maximum atomic E-state index is 13.1. The van der Waals surface area contributed by atoms with Gasteiger partial charge in [0.25, 0.3) is 0 Å². The summed E-state index contributed by atoms with van der Waals surface area (Å²) in [4.78, 5) is 0. The number of aliphatic hydroxyl groups excluding tert-OH is 5. The van der Waals surface area contributed by atoms with Gasteiger partial charge in [-0.2, -0.15) is 9.78 Å². The number of aromatic nitrogens is 3. The van der Waals surface area contributed by atoms with E-state index in [2.05, 4.69) is 15.3 Å². The Morgan fingerprint density at radius 2 is 1.77 bits per heavy atom. The SMILES string of the molecule is OC[C@@H](O)[C@@H](O)[C@H](O)[C@@H](O)c1nnc2n1N=C(c1ccc(F)cc1)CS2. The van der Waals surface area contributed by atoms with Crippen molar-refractivity contribution >= 4 is 17.5 Å². The largest absolute Gasteiger partial charge is 0.394 e. The average Bonchev–Trinajstić information content (AvgIpc) is 3.09. The summed E-state index contributed by atoms with van der Waals surface area (Å²) in [5, 5.41) is 60.7. The highest BCUT2D eigenvalue weighted by Crippen LogP contribution is 2.28. The molecular weight excluding hydrogens is 367 g/mol. The molecule has 0 unspecified atom stereocenters. The molecule has 0 radical (unpaired) electrons. The molecule has 11 heteroatoms. The molecule has 1 aliphatic heterocycles. The highest BCUT2D eigenvalue weighted by atomic mass is 32.2. The molecule has 1 aliphatic rings. The molecule has 1 aromatic heterocycles. The Hall–Kier alpha value is -1.89. The lowest BCUT2D eigenvalue weighted by Crippen LogP contribution is -2.43. The van der Waals surface area contributed by atoms with Gasteiger partial charge in [-0.15, -0.1) is 10.2 Å². The van der Waals surface area contributed by atoms with Gasteiger partial charge in [0.15, 0.2) is 5.82 Å². The smallest absolute Gasteiger partial charge is 0.212 e. The van der Waals surface area contributed by atoms with Gasteiger partial charge in [0.1, 0.15) is 30.2 Å². The molecule has 2 aromatic rings. The van der Waals surface area contributed by atoms with Crippen molar-refractivity contribution in [1.29, 1.82) is 0 Å². The second-order valence-corrected chi connectivity index (χ2v) is 6.61. The molecule has 0 bridgehead atoms. The molecule has 26 heavy (non-hydrogen) atoms. The number of benzene rings is 1. The summed E-state index contributed by atoms with van der Waals surface area (Å²) in [5.74, 6) is -0.0594. The molecule has 0 saturated heterocycles. The van der Waals surface area contributed by atoms with Crippen molar-refractivity contribution in [2.45, 2.75) is 29.6 Å². The van der Waals surface area contributed by atoms with Crippen molar-refractivity contribution in [2.75, 3.05) is 12.4 Å². The van der Waals surface area contributed by atoms with Crippen LogP contribution in [0.4, 0.5) is 4.39 Å². The molecule has 5 N–H and O–H groups in total. The number of hydrogen-bond donors (Lipinski definition) is 5. The first-order valence-electron chi connectivity index (χ1n) is 7.67. The van der Waals surface area contributed by atoms with E-state index >= 15 is 0 Å². The molecule has 140 valence electrons. The molecule has 0 aliphatic carbocycles. The quantitative estimate of drug-likeness (QED) is 0.421. The van der Waals surface area contributed by atoms with Gasteiger partial charge in [-0.3, -0.25) is 0 Å². The summed E-state index contributed by atoms with van der Waals surface area (Å²) in [6.07, 6.45) is -6.94. The van der Waals surface area contributed by atoms with Crippen LogP contribution in [0.3, 0.4) is 0 Å². The highest BCUT2D eigenvalue weighted by molar-refractivity contribution is 7.99. The number of nitrogens with zero attached hydrogens (tertiary/aromatic N) is 4. The topological polar surface area (TPSA) is 144 Å². The second-order valence-electron chi connectivity index (χ2n) is 5.67. The summed E-state index contributed by atoms with van der Waals surface area (Å²) in [6.45, 7) is -0.786. The minimum Gasteiger partial charge on any atom is -0.394 e. The third kappa shape index (κ3) is 3.63. The van der Waals surface area contributed by atoms with Crippen molar-refractivity contribution in [2.24, 2.45) is 5.10 Å². The lowest BCUT2D eigenvalue weighted by atomic mass is 10.0. The first kappa shape index (κ1) is 18.9. The third-order valence-electron chi connectivity index (χ3n) is 3.89. The van der Waals surface area contributed by atoms with Crippen molar-refractivity contribution in [3.05, 3.63) is 41.5 Å². The van der Waals surface area contributed by atoms with Crippen LogP contribution in [-0.4, -0.2) is 76.8 Å². The van der Waals surface area contributed by atoms with Crippen molar-refractivity contribution in [3.63, 3.8) is 0 Å². The van der Waals surface area contributed by atoms with Gasteiger partial charge in [-0.1, -0.05) is 23.9 Å². The highest BCUT2D eigenvalue weighted by Gasteiger charge is 2.35. The van der Waals surface area contributed by atoms with Crippen LogP contribution < -0.4 is 0 Å². The third-order valence-corrected chi connectivity index (χ3v) is 4.82. The van der Waals surface area contributed by atoms with Crippen molar-refractivity contribution in [1.82, 2.24) is 14.9 Å². The van der Waals surface area contributed by atoms with Crippen LogP contribution in [0, 0.1) is 5.82 Å². The Balaban J connectivity index is 1.89. The number of fused-ring (bicyclic) bond motifs is 1. The van der Waals surface area contributed by atoms with Gasteiger partial charge in [-0.25, -0.2) is 4.39 Å². The van der Waals surface area contributed by atoms with E-state index < -0.39 is 31.0 Å². The number of aliphatic hydroxyl groups is 5. The van der Waals surface area contributed by atoms with Gasteiger partial charge in [-0.05, 0) is 17.7 Å². The molecule has 2 heterocycles. The molecule has 0 spiro atoms.